The minimum Gasteiger partial charge on any atom is -0.462 e. The number of esters is 3. The topological polar surface area (TPSA) is 78.9 Å². The van der Waals surface area contributed by atoms with Gasteiger partial charge in [-0.1, -0.05) is 326 Å². The van der Waals surface area contributed by atoms with Gasteiger partial charge < -0.3 is 14.2 Å². The zero-order chi connectivity index (χ0) is 54.3. The number of carbonyl (C=O) groups excluding carboxylic acids is 3. The molecule has 0 rings (SSSR count). The number of carbonyl (C=O) groups is 3. The van der Waals surface area contributed by atoms with Gasteiger partial charge in [-0.05, 0) is 57.8 Å². The molecule has 1 atom stereocenters. The van der Waals surface area contributed by atoms with E-state index in [1.54, 1.807) is 0 Å². The van der Waals surface area contributed by atoms with E-state index in [-0.39, 0.29) is 31.1 Å². The Bertz CT molecular complexity index is 1300. The zero-order valence-corrected chi connectivity index (χ0v) is 50.3. The van der Waals surface area contributed by atoms with Crippen molar-refractivity contribution in [3.8, 4) is 0 Å². The predicted octanol–water partition coefficient (Wildman–Crippen LogP) is 22.6. The molecule has 0 saturated heterocycles. The highest BCUT2D eigenvalue weighted by atomic mass is 16.6. The molecule has 0 fully saturated rings. The van der Waals surface area contributed by atoms with Gasteiger partial charge >= 0.3 is 17.9 Å². The van der Waals surface area contributed by atoms with Gasteiger partial charge in [-0.2, -0.15) is 0 Å². The lowest BCUT2D eigenvalue weighted by Gasteiger charge is -2.18. The summed E-state index contributed by atoms with van der Waals surface area (Å²) in [6.07, 6.45) is 79.8. The highest BCUT2D eigenvalue weighted by Gasteiger charge is 2.19. The van der Waals surface area contributed by atoms with Crippen LogP contribution in [0.15, 0.2) is 48.6 Å². The molecular formula is C69H126O6. The summed E-state index contributed by atoms with van der Waals surface area (Å²) < 4.78 is 17.0. The van der Waals surface area contributed by atoms with Crippen molar-refractivity contribution in [2.45, 2.75) is 361 Å². The van der Waals surface area contributed by atoms with Gasteiger partial charge in [0.25, 0.3) is 0 Å². The molecule has 0 bridgehead atoms. The van der Waals surface area contributed by atoms with Crippen molar-refractivity contribution >= 4 is 17.9 Å². The number of hydrogen-bond donors (Lipinski definition) is 0. The Morgan fingerprint density at radius 3 is 0.813 bits per heavy atom. The van der Waals surface area contributed by atoms with Gasteiger partial charge in [-0.3, -0.25) is 14.4 Å². The summed E-state index contributed by atoms with van der Waals surface area (Å²) in [6, 6.07) is 0. The van der Waals surface area contributed by atoms with Crippen LogP contribution >= 0.6 is 0 Å². The average molecular weight is 1050 g/mol. The summed E-state index contributed by atoms with van der Waals surface area (Å²) in [5.74, 6) is -0.841. The lowest BCUT2D eigenvalue weighted by Crippen LogP contribution is -2.30. The molecule has 0 N–H and O–H groups in total. The highest BCUT2D eigenvalue weighted by Crippen LogP contribution is 2.18. The molecule has 0 heterocycles. The average Bonchev–Trinajstić information content (AvgIpc) is 3.41. The first-order chi connectivity index (χ1) is 37.0. The molecule has 0 aliphatic carbocycles. The maximum atomic E-state index is 12.9. The summed E-state index contributed by atoms with van der Waals surface area (Å²) in [7, 11) is 0. The second-order valence-corrected chi connectivity index (χ2v) is 22.4. The van der Waals surface area contributed by atoms with Crippen molar-refractivity contribution in [2.75, 3.05) is 13.2 Å². The third kappa shape index (κ3) is 62.1. The van der Waals surface area contributed by atoms with E-state index in [0.29, 0.717) is 19.3 Å². The molecule has 0 aromatic carbocycles. The van der Waals surface area contributed by atoms with E-state index in [0.717, 1.165) is 83.5 Å². The minimum atomic E-state index is -0.769. The second-order valence-electron chi connectivity index (χ2n) is 22.4. The number of allylic oxidation sites excluding steroid dienone is 8. The highest BCUT2D eigenvalue weighted by molar-refractivity contribution is 5.71. The molecule has 0 saturated carbocycles. The summed E-state index contributed by atoms with van der Waals surface area (Å²) in [5, 5.41) is 0. The molecule has 438 valence electrons. The quantitative estimate of drug-likeness (QED) is 0.0261. The van der Waals surface area contributed by atoms with Gasteiger partial charge in [-0.25, -0.2) is 0 Å². The number of ether oxygens (including phenoxy) is 3. The maximum absolute atomic E-state index is 12.9. The summed E-state index contributed by atoms with van der Waals surface area (Å²) in [6.45, 7) is 6.59. The lowest BCUT2D eigenvalue weighted by molar-refractivity contribution is -0.167. The summed E-state index contributed by atoms with van der Waals surface area (Å²) >= 11 is 0. The Balaban J connectivity index is 4.22. The van der Waals surface area contributed by atoms with Gasteiger partial charge in [0.15, 0.2) is 6.10 Å². The van der Waals surface area contributed by atoms with E-state index in [2.05, 4.69) is 69.4 Å². The van der Waals surface area contributed by atoms with Crippen LogP contribution in [0.25, 0.3) is 0 Å². The van der Waals surface area contributed by atoms with E-state index in [9.17, 15) is 14.4 Å². The third-order valence-corrected chi connectivity index (χ3v) is 14.8. The first-order valence-corrected chi connectivity index (χ1v) is 33.1. The second kappa shape index (κ2) is 63.9. The largest absolute Gasteiger partial charge is 0.462 e. The fourth-order valence-electron chi connectivity index (χ4n) is 9.91. The first kappa shape index (κ1) is 72.4. The van der Waals surface area contributed by atoms with E-state index in [1.807, 2.05) is 0 Å². The Morgan fingerprint density at radius 2 is 0.520 bits per heavy atom. The smallest absolute Gasteiger partial charge is 0.306 e. The van der Waals surface area contributed by atoms with E-state index in [1.165, 1.54) is 231 Å². The van der Waals surface area contributed by atoms with Crippen LogP contribution in [0.3, 0.4) is 0 Å². The molecule has 1 unspecified atom stereocenters. The lowest BCUT2D eigenvalue weighted by atomic mass is 10.0. The van der Waals surface area contributed by atoms with Crippen molar-refractivity contribution in [3.63, 3.8) is 0 Å². The van der Waals surface area contributed by atoms with Gasteiger partial charge in [0.05, 0.1) is 0 Å². The predicted molar refractivity (Wildman–Crippen MR) is 325 cm³/mol. The molecule has 0 radical (unpaired) electrons. The number of unbranched alkanes of at least 4 members (excludes halogenated alkanes) is 42. The molecule has 0 aliphatic heterocycles. The molecule has 6 heteroatoms. The number of hydrogen-bond acceptors (Lipinski definition) is 6. The molecule has 0 spiro atoms. The monoisotopic (exact) mass is 1050 g/mol. The van der Waals surface area contributed by atoms with Crippen LogP contribution in [-0.4, -0.2) is 37.2 Å². The Hall–Kier alpha value is -2.63. The van der Waals surface area contributed by atoms with Crippen molar-refractivity contribution in [1.29, 1.82) is 0 Å². The van der Waals surface area contributed by atoms with Gasteiger partial charge in [0.1, 0.15) is 13.2 Å². The van der Waals surface area contributed by atoms with Crippen molar-refractivity contribution < 1.29 is 28.6 Å². The summed E-state index contributed by atoms with van der Waals surface area (Å²) in [5.41, 5.74) is 0. The SMILES string of the molecule is CC/C=C\C/C=C\C/C=C\C/C=C\CCCCCCCCCCCCCCCCC(=O)OCC(COC(=O)CCCCCCCCCCCCCCCC)OC(=O)CCCCCCCCCCCCCCCCCC. The first-order valence-electron chi connectivity index (χ1n) is 33.1. The molecule has 0 aromatic heterocycles. The van der Waals surface area contributed by atoms with Crippen molar-refractivity contribution in [3.05, 3.63) is 48.6 Å². The Kier molecular flexibility index (Phi) is 61.7. The van der Waals surface area contributed by atoms with Crippen LogP contribution in [0, 0.1) is 0 Å². The standard InChI is InChI=1S/C69H126O6/c1-4-7-10-13-16-19-22-25-28-30-31-32-33-34-35-36-37-38-39-40-42-44-47-50-53-56-59-62-68(71)74-65-66(64-73-67(70)61-58-55-52-49-46-43-27-24-21-18-15-12-9-6-3)75-69(72)63-60-57-54-51-48-45-41-29-26-23-20-17-14-11-8-5-2/h7,10,16,19,25,28,31-32,66H,4-6,8-9,11-15,17-18,20-24,26-27,29-30,33-65H2,1-3H3/b10-7-,19-16-,28-25-,32-31-. The number of rotatable bonds is 61. The van der Waals surface area contributed by atoms with Crippen LogP contribution in [0.4, 0.5) is 0 Å². The van der Waals surface area contributed by atoms with E-state index < -0.39 is 6.10 Å². The van der Waals surface area contributed by atoms with Crippen LogP contribution in [-0.2, 0) is 28.6 Å². The van der Waals surface area contributed by atoms with E-state index >= 15 is 0 Å². The fraction of sp³-hybridized carbons (Fsp3) is 0.841. The van der Waals surface area contributed by atoms with Crippen LogP contribution in [0.2, 0.25) is 0 Å². The molecule has 0 aromatic rings. The summed E-state index contributed by atoms with van der Waals surface area (Å²) in [4.78, 5) is 38.3. The Morgan fingerprint density at radius 1 is 0.280 bits per heavy atom. The Labute approximate surface area is 467 Å². The maximum Gasteiger partial charge on any atom is 0.306 e. The third-order valence-electron chi connectivity index (χ3n) is 14.8. The molecule has 0 aliphatic rings. The van der Waals surface area contributed by atoms with Crippen LogP contribution in [0.5, 0.6) is 0 Å². The fourth-order valence-corrected chi connectivity index (χ4v) is 9.91. The normalized spacial score (nSPS) is 12.3. The van der Waals surface area contributed by atoms with Crippen molar-refractivity contribution in [1.82, 2.24) is 0 Å². The van der Waals surface area contributed by atoms with Gasteiger partial charge in [0, 0.05) is 19.3 Å². The van der Waals surface area contributed by atoms with Gasteiger partial charge in [0.2, 0.25) is 0 Å². The van der Waals surface area contributed by atoms with Crippen molar-refractivity contribution in [2.24, 2.45) is 0 Å². The van der Waals surface area contributed by atoms with Crippen LogP contribution < -0.4 is 0 Å². The van der Waals surface area contributed by atoms with Crippen LogP contribution in [0.1, 0.15) is 355 Å². The minimum absolute atomic E-state index is 0.0663. The molecule has 75 heavy (non-hydrogen) atoms. The van der Waals surface area contributed by atoms with E-state index in [4.69, 9.17) is 14.2 Å². The molecule has 6 nitrogen and oxygen atoms in total. The van der Waals surface area contributed by atoms with Gasteiger partial charge in [-0.15, -0.1) is 0 Å². The molecule has 0 amide bonds. The molecular weight excluding hydrogens is 925 g/mol. The zero-order valence-electron chi connectivity index (χ0n) is 50.3.